The maximum absolute atomic E-state index is 12.8. The highest BCUT2D eigenvalue weighted by atomic mass is 16.5. The molecule has 1 amide bonds. The van der Waals surface area contributed by atoms with Crippen LogP contribution in [0.2, 0.25) is 0 Å². The van der Waals surface area contributed by atoms with Gasteiger partial charge in [-0.05, 0) is 42.0 Å². The van der Waals surface area contributed by atoms with Crippen molar-refractivity contribution in [2.24, 2.45) is 0 Å². The van der Waals surface area contributed by atoms with Crippen molar-refractivity contribution in [3.63, 3.8) is 0 Å². The summed E-state index contributed by atoms with van der Waals surface area (Å²) in [7, 11) is 5.64. The van der Waals surface area contributed by atoms with Crippen molar-refractivity contribution < 1.29 is 9.53 Å². The summed E-state index contributed by atoms with van der Waals surface area (Å²) >= 11 is 0. The fraction of sp³-hybridized carbons (Fsp3) is 0.174. The zero-order valence-corrected chi connectivity index (χ0v) is 17.2. The van der Waals surface area contributed by atoms with Crippen LogP contribution in [0.5, 0.6) is 5.75 Å². The van der Waals surface area contributed by atoms with Crippen LogP contribution in [-0.2, 0) is 6.54 Å². The number of nitrogens with one attached hydrogen (secondary N) is 1. The third-order valence-electron chi connectivity index (χ3n) is 4.87. The lowest BCUT2D eigenvalue weighted by Crippen LogP contribution is -2.17. The highest BCUT2D eigenvalue weighted by molar-refractivity contribution is 6.03. The maximum Gasteiger partial charge on any atom is 0.275 e. The zero-order valence-electron chi connectivity index (χ0n) is 17.2. The molecule has 7 nitrogen and oxygen atoms in total. The molecule has 152 valence electrons. The molecule has 0 radical (unpaired) electrons. The number of anilines is 2. The molecule has 0 aliphatic carbocycles. The average Bonchev–Trinajstić information content (AvgIpc) is 3.19. The molecule has 0 unspecified atom stereocenters. The quantitative estimate of drug-likeness (QED) is 0.532. The lowest BCUT2D eigenvalue weighted by Gasteiger charge is -2.13. The van der Waals surface area contributed by atoms with Gasteiger partial charge in [0.25, 0.3) is 5.91 Å². The smallest absolute Gasteiger partial charge is 0.275 e. The van der Waals surface area contributed by atoms with Gasteiger partial charge in [0.15, 0.2) is 0 Å². The van der Waals surface area contributed by atoms with E-state index in [-0.39, 0.29) is 5.91 Å². The number of methoxy groups -OCH3 is 1. The molecule has 1 N–H and O–H groups in total. The van der Waals surface area contributed by atoms with Crippen molar-refractivity contribution in [3.8, 4) is 5.75 Å². The van der Waals surface area contributed by atoms with E-state index in [4.69, 9.17) is 4.74 Å². The summed E-state index contributed by atoms with van der Waals surface area (Å²) in [6.07, 6.45) is 1.67. The lowest BCUT2D eigenvalue weighted by molar-refractivity contribution is 0.102. The van der Waals surface area contributed by atoms with Crippen LogP contribution in [0.4, 0.5) is 11.5 Å². The van der Waals surface area contributed by atoms with Gasteiger partial charge in [0, 0.05) is 31.2 Å². The van der Waals surface area contributed by atoms with Gasteiger partial charge in [0.1, 0.15) is 17.3 Å². The monoisotopic (exact) mass is 401 g/mol. The number of ether oxygens (including phenoxy) is 1. The molecule has 0 atom stereocenters. The molecule has 0 saturated heterocycles. The first-order chi connectivity index (χ1) is 14.5. The molecule has 0 bridgehead atoms. The summed E-state index contributed by atoms with van der Waals surface area (Å²) in [6, 6.07) is 19.1. The van der Waals surface area contributed by atoms with E-state index in [9.17, 15) is 4.79 Å². The van der Waals surface area contributed by atoms with Gasteiger partial charge in [-0.1, -0.05) is 18.2 Å². The van der Waals surface area contributed by atoms with Gasteiger partial charge in [-0.15, -0.1) is 0 Å². The Kier molecular flexibility index (Phi) is 5.34. The first kappa shape index (κ1) is 19.4. The molecule has 7 heteroatoms. The predicted octanol–water partition coefficient (Wildman–Crippen LogP) is 3.81. The second kappa shape index (κ2) is 8.24. The largest absolute Gasteiger partial charge is 0.497 e. The molecule has 4 rings (SSSR count). The van der Waals surface area contributed by atoms with Crippen molar-refractivity contribution in [1.82, 2.24) is 14.8 Å². The molecule has 2 aromatic heterocycles. The molecule has 2 aromatic carbocycles. The van der Waals surface area contributed by atoms with Crippen molar-refractivity contribution in [1.29, 1.82) is 0 Å². The van der Waals surface area contributed by atoms with Crippen LogP contribution in [0.25, 0.3) is 10.9 Å². The van der Waals surface area contributed by atoms with Crippen LogP contribution in [0.15, 0.2) is 66.9 Å². The molecule has 0 aliphatic heterocycles. The molecular formula is C23H23N5O2. The van der Waals surface area contributed by atoms with Crippen molar-refractivity contribution >= 4 is 28.3 Å². The van der Waals surface area contributed by atoms with Crippen LogP contribution in [0, 0.1) is 0 Å². The molecule has 0 saturated carbocycles. The molecule has 2 heterocycles. The number of amides is 1. The minimum absolute atomic E-state index is 0.280. The Labute approximate surface area is 174 Å². The van der Waals surface area contributed by atoms with E-state index in [0.717, 1.165) is 27.9 Å². The fourth-order valence-corrected chi connectivity index (χ4v) is 3.17. The highest BCUT2D eigenvalue weighted by Crippen LogP contribution is 2.20. The number of carbonyl (C=O) groups is 1. The standard InChI is InChI=1S/C23H23N5O2/c1-27(2)18-7-4-16(5-8-18)15-28-22(12-13-24-28)26-23(29)21-10-6-17-14-19(30-3)9-11-20(17)25-21/h4-14H,15H2,1-3H3,(H,26,29). The molecule has 0 fully saturated rings. The Bertz CT molecular complexity index is 1180. The third-order valence-corrected chi connectivity index (χ3v) is 4.87. The minimum atomic E-state index is -0.280. The Morgan fingerprint density at radius 1 is 1.07 bits per heavy atom. The van der Waals surface area contributed by atoms with Gasteiger partial charge >= 0.3 is 0 Å². The number of nitrogens with zero attached hydrogens (tertiary/aromatic N) is 4. The number of hydrogen-bond donors (Lipinski definition) is 1. The molecule has 30 heavy (non-hydrogen) atoms. The number of pyridine rings is 1. The summed E-state index contributed by atoms with van der Waals surface area (Å²) in [5.74, 6) is 1.09. The number of fused-ring (bicyclic) bond motifs is 1. The summed E-state index contributed by atoms with van der Waals surface area (Å²) in [5, 5.41) is 8.17. The summed E-state index contributed by atoms with van der Waals surface area (Å²) in [4.78, 5) is 19.3. The first-order valence-electron chi connectivity index (χ1n) is 9.58. The maximum atomic E-state index is 12.8. The SMILES string of the molecule is COc1ccc2nc(C(=O)Nc3ccnn3Cc3ccc(N(C)C)cc3)ccc2c1. The number of hydrogen-bond acceptors (Lipinski definition) is 5. The lowest BCUT2D eigenvalue weighted by atomic mass is 10.2. The second-order valence-electron chi connectivity index (χ2n) is 7.14. The number of carbonyl (C=O) groups excluding carboxylic acids is 1. The van der Waals surface area contributed by atoms with Gasteiger partial charge in [-0.25, -0.2) is 9.67 Å². The molecule has 0 aliphatic rings. The average molecular weight is 401 g/mol. The second-order valence-corrected chi connectivity index (χ2v) is 7.14. The van der Waals surface area contributed by atoms with E-state index < -0.39 is 0 Å². The summed E-state index contributed by atoms with van der Waals surface area (Å²) in [6.45, 7) is 0.557. The van der Waals surface area contributed by atoms with Crippen LogP contribution < -0.4 is 15.0 Å². The Morgan fingerprint density at radius 3 is 2.60 bits per heavy atom. The third kappa shape index (κ3) is 4.10. The van der Waals surface area contributed by atoms with Crippen molar-refractivity contribution in [3.05, 3.63) is 78.1 Å². The van der Waals surface area contributed by atoms with E-state index in [0.29, 0.717) is 18.1 Å². The number of benzene rings is 2. The van der Waals surface area contributed by atoms with Gasteiger partial charge in [-0.3, -0.25) is 4.79 Å². The predicted molar refractivity (Wildman–Crippen MR) is 118 cm³/mol. The fourth-order valence-electron chi connectivity index (χ4n) is 3.17. The zero-order chi connectivity index (χ0) is 21.1. The summed E-state index contributed by atoms with van der Waals surface area (Å²) in [5.41, 5.74) is 3.30. The van der Waals surface area contributed by atoms with E-state index in [1.807, 2.05) is 38.4 Å². The van der Waals surface area contributed by atoms with Gasteiger partial charge in [-0.2, -0.15) is 5.10 Å². The van der Waals surface area contributed by atoms with Gasteiger partial charge in [0.05, 0.1) is 25.4 Å². The van der Waals surface area contributed by atoms with E-state index in [1.165, 1.54) is 0 Å². The van der Waals surface area contributed by atoms with Crippen LogP contribution in [0.3, 0.4) is 0 Å². The first-order valence-corrected chi connectivity index (χ1v) is 9.58. The molecular weight excluding hydrogens is 378 g/mol. The molecule has 0 spiro atoms. The summed E-state index contributed by atoms with van der Waals surface area (Å²) < 4.78 is 6.99. The number of aromatic nitrogens is 3. The Hall–Kier alpha value is -3.87. The highest BCUT2D eigenvalue weighted by Gasteiger charge is 2.12. The van der Waals surface area contributed by atoms with Crippen molar-refractivity contribution in [2.75, 3.05) is 31.4 Å². The van der Waals surface area contributed by atoms with Crippen LogP contribution in [-0.4, -0.2) is 41.9 Å². The van der Waals surface area contributed by atoms with Gasteiger partial charge < -0.3 is 15.0 Å². The van der Waals surface area contributed by atoms with E-state index in [1.54, 1.807) is 30.1 Å². The minimum Gasteiger partial charge on any atom is -0.497 e. The van der Waals surface area contributed by atoms with E-state index in [2.05, 4.69) is 44.6 Å². The Morgan fingerprint density at radius 2 is 1.87 bits per heavy atom. The van der Waals surface area contributed by atoms with Crippen LogP contribution >= 0.6 is 0 Å². The normalized spacial score (nSPS) is 10.8. The van der Waals surface area contributed by atoms with Gasteiger partial charge in [0.2, 0.25) is 0 Å². The molecule has 4 aromatic rings. The Balaban J connectivity index is 1.50. The topological polar surface area (TPSA) is 72.3 Å². The number of rotatable bonds is 6. The van der Waals surface area contributed by atoms with Crippen molar-refractivity contribution in [2.45, 2.75) is 6.54 Å². The van der Waals surface area contributed by atoms with E-state index >= 15 is 0 Å². The van der Waals surface area contributed by atoms with Crippen LogP contribution in [0.1, 0.15) is 16.1 Å².